The predicted molar refractivity (Wildman–Crippen MR) is 84.0 cm³/mol. The van der Waals surface area contributed by atoms with Gasteiger partial charge >= 0.3 is 0 Å². The molecule has 0 saturated carbocycles. The van der Waals surface area contributed by atoms with Gasteiger partial charge in [0.2, 0.25) is 5.78 Å². The van der Waals surface area contributed by atoms with Crippen molar-refractivity contribution in [3.05, 3.63) is 65.4 Å². The van der Waals surface area contributed by atoms with E-state index in [2.05, 4.69) is 4.98 Å². The molecule has 0 atom stereocenters. The maximum absolute atomic E-state index is 12.4. The van der Waals surface area contributed by atoms with E-state index in [-0.39, 0.29) is 12.4 Å². The Morgan fingerprint density at radius 3 is 2.64 bits per heavy atom. The molecule has 1 heterocycles. The van der Waals surface area contributed by atoms with Crippen molar-refractivity contribution >= 4 is 16.7 Å². The van der Waals surface area contributed by atoms with Gasteiger partial charge in [-0.15, -0.1) is 0 Å². The number of carbonyl (C=O) groups is 1. The second-order valence-corrected chi connectivity index (χ2v) is 5.02. The van der Waals surface area contributed by atoms with Gasteiger partial charge in [-0.3, -0.25) is 4.79 Å². The van der Waals surface area contributed by atoms with Crippen LogP contribution in [0.2, 0.25) is 0 Å². The van der Waals surface area contributed by atoms with E-state index < -0.39 is 0 Å². The van der Waals surface area contributed by atoms with E-state index in [1.165, 1.54) is 0 Å². The van der Waals surface area contributed by atoms with Crippen LogP contribution in [0.4, 0.5) is 0 Å². The Balaban J connectivity index is 1.78. The molecule has 0 spiro atoms. The number of benzene rings is 2. The van der Waals surface area contributed by atoms with Gasteiger partial charge in [0.05, 0.1) is 11.6 Å². The second-order valence-electron chi connectivity index (χ2n) is 5.02. The number of fused-ring (bicyclic) bond motifs is 1. The second kappa shape index (κ2) is 5.74. The van der Waals surface area contributed by atoms with E-state index in [1.54, 1.807) is 24.3 Å². The zero-order valence-corrected chi connectivity index (χ0v) is 12.1. The third-order valence-corrected chi connectivity index (χ3v) is 3.53. The lowest BCUT2D eigenvalue weighted by Gasteiger charge is -2.05. The number of hydrogen-bond donors (Lipinski definition) is 1. The first-order chi connectivity index (χ1) is 10.7. The lowest BCUT2D eigenvalue weighted by molar-refractivity contribution is 0.0922. The zero-order chi connectivity index (χ0) is 15.5. The summed E-state index contributed by atoms with van der Waals surface area (Å²) >= 11 is 0. The number of nitrogens with one attached hydrogen (secondary N) is 1. The normalized spacial score (nSPS) is 10.4. The summed E-state index contributed by atoms with van der Waals surface area (Å²) in [6.07, 6.45) is 0. The largest absolute Gasteiger partial charge is 0.485 e. The first kappa shape index (κ1) is 13.9. The molecule has 0 fully saturated rings. The Kier molecular flexibility index (Phi) is 3.63. The Morgan fingerprint density at radius 2 is 1.91 bits per heavy atom. The fourth-order valence-corrected chi connectivity index (χ4v) is 2.48. The number of aromatic nitrogens is 1. The number of H-pyrrole nitrogens is 1. The Bertz CT molecular complexity index is 870. The number of para-hydroxylation sites is 1. The van der Waals surface area contributed by atoms with Crippen LogP contribution >= 0.6 is 0 Å². The smallest absolute Gasteiger partial charge is 0.202 e. The number of aryl methyl sites for hydroxylation is 1. The Morgan fingerprint density at radius 1 is 1.18 bits per heavy atom. The zero-order valence-electron chi connectivity index (χ0n) is 12.1. The number of ketones is 1. The van der Waals surface area contributed by atoms with Crippen LogP contribution in [0.15, 0.2) is 48.5 Å². The minimum Gasteiger partial charge on any atom is -0.485 e. The Labute approximate surface area is 128 Å². The molecule has 22 heavy (non-hydrogen) atoms. The highest BCUT2D eigenvalue weighted by Gasteiger charge is 2.16. The highest BCUT2D eigenvalue weighted by Crippen LogP contribution is 2.22. The quantitative estimate of drug-likeness (QED) is 0.746. The molecule has 0 unspecified atom stereocenters. The van der Waals surface area contributed by atoms with Gasteiger partial charge in [-0.25, -0.2) is 0 Å². The molecule has 2 aromatic carbocycles. The number of nitriles is 1. The van der Waals surface area contributed by atoms with E-state index in [9.17, 15) is 4.79 Å². The summed E-state index contributed by atoms with van der Waals surface area (Å²) in [6.45, 7) is 1.85. The SMILES string of the molecule is Cc1[nH]c2ccccc2c1C(=O)COc1ccc(C#N)cc1. The molecule has 0 bridgehead atoms. The molecule has 0 aliphatic carbocycles. The number of aromatic amines is 1. The first-order valence-corrected chi connectivity index (χ1v) is 6.92. The van der Waals surface area contributed by atoms with Crippen molar-refractivity contribution in [3.8, 4) is 11.8 Å². The van der Waals surface area contributed by atoms with E-state index in [0.29, 0.717) is 16.9 Å². The molecule has 0 aliphatic rings. The lowest BCUT2D eigenvalue weighted by Crippen LogP contribution is -2.12. The van der Waals surface area contributed by atoms with Gasteiger partial charge in [0.25, 0.3) is 0 Å². The molecule has 0 radical (unpaired) electrons. The van der Waals surface area contributed by atoms with E-state index in [4.69, 9.17) is 10.00 Å². The van der Waals surface area contributed by atoms with Crippen LogP contribution in [0.1, 0.15) is 21.6 Å². The fourth-order valence-electron chi connectivity index (χ4n) is 2.48. The van der Waals surface area contributed by atoms with Crippen LogP contribution in [0.3, 0.4) is 0 Å². The monoisotopic (exact) mass is 290 g/mol. The number of Topliss-reactive ketones (excluding diaryl/α,β-unsaturated/α-hetero) is 1. The summed E-state index contributed by atoms with van der Waals surface area (Å²) in [5.41, 5.74) is 3.02. The van der Waals surface area contributed by atoms with Crippen LogP contribution in [-0.4, -0.2) is 17.4 Å². The molecule has 1 aromatic heterocycles. The van der Waals surface area contributed by atoms with Crippen molar-refractivity contribution in [2.45, 2.75) is 6.92 Å². The predicted octanol–water partition coefficient (Wildman–Crippen LogP) is 3.61. The van der Waals surface area contributed by atoms with E-state index >= 15 is 0 Å². The average molecular weight is 290 g/mol. The van der Waals surface area contributed by atoms with Crippen molar-refractivity contribution in [1.82, 2.24) is 4.98 Å². The fraction of sp³-hybridized carbons (Fsp3) is 0.111. The van der Waals surface area contributed by atoms with Crippen molar-refractivity contribution in [2.24, 2.45) is 0 Å². The maximum Gasteiger partial charge on any atom is 0.202 e. The van der Waals surface area contributed by atoms with Crippen LogP contribution in [-0.2, 0) is 0 Å². The third-order valence-electron chi connectivity index (χ3n) is 3.53. The summed E-state index contributed by atoms with van der Waals surface area (Å²) in [5.74, 6) is 0.504. The molecule has 4 nitrogen and oxygen atoms in total. The highest BCUT2D eigenvalue weighted by molar-refractivity contribution is 6.09. The topological polar surface area (TPSA) is 65.9 Å². The van der Waals surface area contributed by atoms with Gasteiger partial charge in [-0.2, -0.15) is 5.26 Å². The molecule has 108 valence electrons. The van der Waals surface area contributed by atoms with Gasteiger partial charge in [-0.05, 0) is 37.3 Å². The van der Waals surface area contributed by atoms with Crippen molar-refractivity contribution < 1.29 is 9.53 Å². The van der Waals surface area contributed by atoms with Crippen molar-refractivity contribution in [3.63, 3.8) is 0 Å². The minimum atomic E-state index is -0.0701. The average Bonchev–Trinajstić information content (AvgIpc) is 2.89. The number of hydrogen-bond acceptors (Lipinski definition) is 3. The standard InChI is InChI=1S/C18H14N2O2/c1-12-18(15-4-2-3-5-16(15)20-12)17(21)11-22-14-8-6-13(10-19)7-9-14/h2-9,20H,11H2,1H3. The molecule has 0 aliphatic heterocycles. The van der Waals surface area contributed by atoms with E-state index in [0.717, 1.165) is 16.6 Å². The number of nitrogens with zero attached hydrogens (tertiary/aromatic N) is 1. The van der Waals surface area contributed by atoms with E-state index in [1.807, 2.05) is 37.3 Å². The first-order valence-electron chi connectivity index (χ1n) is 6.92. The number of rotatable bonds is 4. The number of ether oxygens (including phenoxy) is 1. The molecule has 1 N–H and O–H groups in total. The summed E-state index contributed by atoms with van der Waals surface area (Å²) in [7, 11) is 0. The minimum absolute atomic E-state index is 0.0331. The van der Waals surface area contributed by atoms with Gasteiger partial charge < -0.3 is 9.72 Å². The van der Waals surface area contributed by atoms with Gasteiger partial charge in [-0.1, -0.05) is 18.2 Å². The van der Waals surface area contributed by atoms with Gasteiger partial charge in [0, 0.05) is 22.2 Å². The summed E-state index contributed by atoms with van der Waals surface area (Å²) in [4.78, 5) is 15.6. The van der Waals surface area contributed by atoms with Crippen molar-refractivity contribution in [1.29, 1.82) is 5.26 Å². The Hall–Kier alpha value is -3.06. The summed E-state index contributed by atoms with van der Waals surface area (Å²) in [6, 6.07) is 16.5. The van der Waals surface area contributed by atoms with Crippen LogP contribution in [0, 0.1) is 18.3 Å². The molecule has 0 saturated heterocycles. The molecule has 3 aromatic rings. The maximum atomic E-state index is 12.4. The molecule has 4 heteroatoms. The summed E-state index contributed by atoms with van der Waals surface area (Å²) in [5, 5.41) is 9.66. The summed E-state index contributed by atoms with van der Waals surface area (Å²) < 4.78 is 5.52. The van der Waals surface area contributed by atoms with Crippen LogP contribution < -0.4 is 4.74 Å². The van der Waals surface area contributed by atoms with Crippen molar-refractivity contribution in [2.75, 3.05) is 6.61 Å². The third kappa shape index (κ3) is 2.57. The van der Waals surface area contributed by atoms with Crippen LogP contribution in [0.5, 0.6) is 5.75 Å². The number of carbonyl (C=O) groups excluding carboxylic acids is 1. The molecular weight excluding hydrogens is 276 g/mol. The highest BCUT2D eigenvalue weighted by atomic mass is 16.5. The van der Waals surface area contributed by atoms with Gasteiger partial charge in [0.15, 0.2) is 6.61 Å². The molecular formula is C18H14N2O2. The molecule has 0 amide bonds. The van der Waals surface area contributed by atoms with Crippen LogP contribution in [0.25, 0.3) is 10.9 Å². The molecule has 3 rings (SSSR count). The van der Waals surface area contributed by atoms with Gasteiger partial charge in [0.1, 0.15) is 5.75 Å². The lowest BCUT2D eigenvalue weighted by atomic mass is 10.1.